The summed E-state index contributed by atoms with van der Waals surface area (Å²) in [6.07, 6.45) is 1.85. The average Bonchev–Trinajstić information content (AvgIpc) is 3.28. The number of hydrogen-bond donors (Lipinski definition) is 1. The largest absolute Gasteiger partial charge is 0.493 e. The Kier molecular flexibility index (Phi) is 4.53. The number of amides is 1. The van der Waals surface area contributed by atoms with Crippen LogP contribution in [-0.4, -0.2) is 48.7 Å². The third-order valence-corrected chi connectivity index (χ3v) is 5.17. The molecule has 1 heterocycles. The molecule has 0 bridgehead atoms. The molecule has 6 nitrogen and oxygen atoms in total. The van der Waals surface area contributed by atoms with Gasteiger partial charge >= 0.3 is 12.6 Å². The van der Waals surface area contributed by atoms with E-state index in [0.29, 0.717) is 32.4 Å². The number of piperidine rings is 1. The number of para-hydroxylation sites is 1. The Morgan fingerprint density at radius 3 is 2.52 bits per heavy atom. The van der Waals surface area contributed by atoms with Gasteiger partial charge < -0.3 is 19.5 Å². The molecule has 1 N–H and O–H groups in total. The molecular formula is C17H19F2NO5. The number of carbonyl (C=O) groups is 2. The van der Waals surface area contributed by atoms with Gasteiger partial charge in [0.1, 0.15) is 0 Å². The molecule has 8 heteroatoms. The van der Waals surface area contributed by atoms with E-state index in [1.807, 2.05) is 0 Å². The standard InChI is InChI=1S/C17H19F2NO5/c1-24-12-4-2-3-10(13(12)25-16(18)19)14(21)20-7-5-17(6-8-20)9-11(17)15(22)23/h2-4,11,16H,5-9H2,1H3,(H,22,23). The first-order chi connectivity index (χ1) is 11.9. The number of methoxy groups -OCH3 is 1. The van der Waals surface area contributed by atoms with Crippen molar-refractivity contribution in [1.82, 2.24) is 4.90 Å². The van der Waals surface area contributed by atoms with E-state index in [2.05, 4.69) is 4.74 Å². The highest BCUT2D eigenvalue weighted by Gasteiger charge is 2.59. The SMILES string of the molecule is COc1cccc(C(=O)N2CCC3(CC2)CC3C(=O)O)c1OC(F)F. The number of carboxylic acid groups (broad SMARTS) is 1. The number of carbonyl (C=O) groups excluding carboxylic acids is 1. The molecule has 1 saturated heterocycles. The predicted octanol–water partition coefficient (Wildman–Crippen LogP) is 2.62. The van der Waals surface area contributed by atoms with Crippen LogP contribution in [0.2, 0.25) is 0 Å². The highest BCUT2D eigenvalue weighted by atomic mass is 19.3. The van der Waals surface area contributed by atoms with Crippen LogP contribution in [0.4, 0.5) is 8.78 Å². The third-order valence-electron chi connectivity index (χ3n) is 5.17. The molecule has 0 aromatic heterocycles. The van der Waals surface area contributed by atoms with Gasteiger partial charge in [-0.15, -0.1) is 0 Å². The van der Waals surface area contributed by atoms with Gasteiger partial charge in [-0.25, -0.2) is 0 Å². The van der Waals surface area contributed by atoms with Gasteiger partial charge in [0.05, 0.1) is 18.6 Å². The van der Waals surface area contributed by atoms with Crippen LogP contribution in [0, 0.1) is 11.3 Å². The van der Waals surface area contributed by atoms with Crippen molar-refractivity contribution in [3.05, 3.63) is 23.8 Å². The van der Waals surface area contributed by atoms with Gasteiger partial charge in [-0.05, 0) is 36.8 Å². The van der Waals surface area contributed by atoms with Crippen molar-refractivity contribution in [2.45, 2.75) is 25.9 Å². The van der Waals surface area contributed by atoms with Crippen LogP contribution in [0.1, 0.15) is 29.6 Å². The van der Waals surface area contributed by atoms with Crippen molar-refractivity contribution in [2.75, 3.05) is 20.2 Å². The molecule has 1 aliphatic heterocycles. The molecule has 2 aliphatic rings. The van der Waals surface area contributed by atoms with E-state index < -0.39 is 18.5 Å². The number of aliphatic carboxylic acids is 1. The van der Waals surface area contributed by atoms with Gasteiger partial charge in [-0.3, -0.25) is 9.59 Å². The molecule has 1 aromatic rings. The summed E-state index contributed by atoms with van der Waals surface area (Å²) in [6, 6.07) is 4.41. The quantitative estimate of drug-likeness (QED) is 0.879. The van der Waals surface area contributed by atoms with Gasteiger partial charge in [-0.2, -0.15) is 8.78 Å². The van der Waals surface area contributed by atoms with E-state index in [0.717, 1.165) is 0 Å². The van der Waals surface area contributed by atoms with E-state index in [1.165, 1.54) is 25.3 Å². The Morgan fingerprint density at radius 2 is 2.00 bits per heavy atom. The number of carboxylic acids is 1. The molecule has 1 spiro atoms. The second kappa shape index (κ2) is 6.50. The van der Waals surface area contributed by atoms with Crippen LogP contribution in [0.15, 0.2) is 18.2 Å². The lowest BCUT2D eigenvalue weighted by Crippen LogP contribution is -2.40. The zero-order valence-corrected chi connectivity index (χ0v) is 13.7. The minimum absolute atomic E-state index is 0.0150. The van der Waals surface area contributed by atoms with Crippen LogP contribution >= 0.6 is 0 Å². The highest BCUT2D eigenvalue weighted by Crippen LogP contribution is 2.59. The van der Waals surface area contributed by atoms with Gasteiger partial charge in [0.15, 0.2) is 11.5 Å². The van der Waals surface area contributed by atoms with E-state index in [4.69, 9.17) is 9.84 Å². The number of hydrogen-bond acceptors (Lipinski definition) is 4. The molecule has 0 radical (unpaired) electrons. The Hall–Kier alpha value is -2.38. The van der Waals surface area contributed by atoms with E-state index in [1.54, 1.807) is 4.90 Å². The summed E-state index contributed by atoms with van der Waals surface area (Å²) < 4.78 is 34.9. The Labute approximate surface area is 143 Å². The van der Waals surface area contributed by atoms with Crippen molar-refractivity contribution in [3.63, 3.8) is 0 Å². The first kappa shape index (κ1) is 17.4. The summed E-state index contributed by atoms with van der Waals surface area (Å²) in [7, 11) is 1.31. The third kappa shape index (κ3) is 3.25. The van der Waals surface area contributed by atoms with Gasteiger partial charge in [0.25, 0.3) is 5.91 Å². The molecule has 136 valence electrons. The number of alkyl halides is 2. The van der Waals surface area contributed by atoms with Gasteiger partial charge in [0, 0.05) is 13.1 Å². The Morgan fingerprint density at radius 1 is 1.32 bits per heavy atom. The lowest BCUT2D eigenvalue weighted by atomic mass is 9.90. The second-order valence-corrected chi connectivity index (χ2v) is 6.46. The number of likely N-dealkylation sites (tertiary alicyclic amines) is 1. The first-order valence-electron chi connectivity index (χ1n) is 8.02. The van der Waals surface area contributed by atoms with Crippen molar-refractivity contribution < 1.29 is 33.0 Å². The van der Waals surface area contributed by atoms with E-state index in [-0.39, 0.29) is 28.4 Å². The van der Waals surface area contributed by atoms with Crippen molar-refractivity contribution in [2.24, 2.45) is 11.3 Å². The van der Waals surface area contributed by atoms with Crippen molar-refractivity contribution in [1.29, 1.82) is 0 Å². The topological polar surface area (TPSA) is 76.1 Å². The predicted molar refractivity (Wildman–Crippen MR) is 82.9 cm³/mol. The lowest BCUT2D eigenvalue weighted by Gasteiger charge is -2.33. The monoisotopic (exact) mass is 355 g/mol. The summed E-state index contributed by atoms with van der Waals surface area (Å²) in [5, 5.41) is 9.12. The Balaban J connectivity index is 1.75. The Bertz CT molecular complexity index is 686. The van der Waals surface area contributed by atoms with E-state index >= 15 is 0 Å². The maximum Gasteiger partial charge on any atom is 0.387 e. The molecule has 1 amide bonds. The molecule has 1 aromatic carbocycles. The van der Waals surface area contributed by atoms with Crippen LogP contribution in [0.3, 0.4) is 0 Å². The summed E-state index contributed by atoms with van der Waals surface area (Å²) in [4.78, 5) is 25.4. The van der Waals surface area contributed by atoms with Crippen LogP contribution in [0.25, 0.3) is 0 Å². The summed E-state index contributed by atoms with van der Waals surface area (Å²) in [5.74, 6) is -1.76. The fraction of sp³-hybridized carbons (Fsp3) is 0.529. The summed E-state index contributed by atoms with van der Waals surface area (Å²) in [6.45, 7) is -2.28. The number of benzene rings is 1. The lowest BCUT2D eigenvalue weighted by molar-refractivity contribution is -0.139. The van der Waals surface area contributed by atoms with E-state index in [9.17, 15) is 18.4 Å². The summed E-state index contributed by atoms with van der Waals surface area (Å²) >= 11 is 0. The molecule has 1 atom stereocenters. The molecule has 2 fully saturated rings. The fourth-order valence-corrected chi connectivity index (χ4v) is 3.63. The number of nitrogens with zero attached hydrogens (tertiary/aromatic N) is 1. The molecule has 25 heavy (non-hydrogen) atoms. The van der Waals surface area contributed by atoms with Crippen molar-refractivity contribution in [3.8, 4) is 11.5 Å². The highest BCUT2D eigenvalue weighted by molar-refractivity contribution is 5.98. The fourth-order valence-electron chi connectivity index (χ4n) is 3.63. The molecule has 1 unspecified atom stereocenters. The normalized spacial score (nSPS) is 21.3. The van der Waals surface area contributed by atoms with Crippen LogP contribution in [0.5, 0.6) is 11.5 Å². The first-order valence-corrected chi connectivity index (χ1v) is 8.02. The smallest absolute Gasteiger partial charge is 0.387 e. The number of halogens is 2. The molecule has 1 saturated carbocycles. The number of ether oxygens (including phenoxy) is 2. The maximum atomic E-state index is 12.7. The molecule has 1 aliphatic carbocycles. The zero-order valence-electron chi connectivity index (χ0n) is 13.7. The second-order valence-electron chi connectivity index (χ2n) is 6.46. The minimum atomic E-state index is -3.07. The minimum Gasteiger partial charge on any atom is -0.493 e. The molecule has 3 rings (SSSR count). The average molecular weight is 355 g/mol. The maximum absolute atomic E-state index is 12.7. The van der Waals surface area contributed by atoms with Gasteiger partial charge in [0.2, 0.25) is 0 Å². The van der Waals surface area contributed by atoms with Crippen LogP contribution < -0.4 is 9.47 Å². The van der Waals surface area contributed by atoms with Crippen LogP contribution in [-0.2, 0) is 4.79 Å². The number of rotatable bonds is 5. The summed E-state index contributed by atoms with van der Waals surface area (Å²) in [5.41, 5.74) is -0.194. The van der Waals surface area contributed by atoms with Gasteiger partial charge in [-0.1, -0.05) is 6.07 Å². The van der Waals surface area contributed by atoms with Crippen molar-refractivity contribution >= 4 is 11.9 Å². The zero-order chi connectivity index (χ0) is 18.2. The molecular weight excluding hydrogens is 336 g/mol.